The Bertz CT molecular complexity index is 470. The van der Waals surface area contributed by atoms with Crippen molar-refractivity contribution >= 4 is 5.91 Å². The van der Waals surface area contributed by atoms with Gasteiger partial charge in [-0.3, -0.25) is 4.79 Å². The van der Waals surface area contributed by atoms with Crippen LogP contribution in [0.15, 0.2) is 24.3 Å². The van der Waals surface area contributed by atoms with Crippen molar-refractivity contribution in [3.8, 4) is 0 Å². The molecule has 0 saturated heterocycles. The fourth-order valence-corrected chi connectivity index (χ4v) is 3.27. The third-order valence-corrected chi connectivity index (χ3v) is 4.52. The number of carbonyl (C=O) groups excluding carboxylic acids is 1. The number of hydrogen-bond acceptors (Lipinski definition) is 2. The first kappa shape index (κ1) is 16.0. The summed E-state index contributed by atoms with van der Waals surface area (Å²) in [7, 11) is 0. The largest absolute Gasteiger partial charge is 0.396 e. The van der Waals surface area contributed by atoms with Crippen molar-refractivity contribution in [2.24, 2.45) is 5.92 Å². The Morgan fingerprint density at radius 3 is 2.86 bits per heavy atom. The zero-order valence-corrected chi connectivity index (χ0v) is 13.1. The molecule has 0 heterocycles. The molecule has 0 spiro atoms. The van der Waals surface area contributed by atoms with E-state index in [1.165, 1.54) is 17.5 Å². The number of aliphatic hydroxyl groups is 1. The van der Waals surface area contributed by atoms with Crippen LogP contribution in [0.1, 0.15) is 56.6 Å². The second-order valence-corrected chi connectivity index (χ2v) is 6.42. The SMILES string of the molecule is CC(C)C(CCO)NC(=O)CC1CCCc2ccccc21. The van der Waals surface area contributed by atoms with Crippen LogP contribution in [0.5, 0.6) is 0 Å². The Balaban J connectivity index is 1.97. The number of nitrogens with one attached hydrogen (secondary N) is 1. The molecule has 116 valence electrons. The van der Waals surface area contributed by atoms with Crippen LogP contribution in [0.25, 0.3) is 0 Å². The van der Waals surface area contributed by atoms with Crippen LogP contribution in [0.2, 0.25) is 0 Å². The molecule has 0 bridgehead atoms. The molecular weight excluding hydrogens is 262 g/mol. The van der Waals surface area contributed by atoms with Gasteiger partial charge in [0.2, 0.25) is 5.91 Å². The van der Waals surface area contributed by atoms with E-state index in [-0.39, 0.29) is 18.6 Å². The first-order valence-electron chi connectivity index (χ1n) is 8.09. The standard InChI is InChI=1S/C18H27NO2/c1-13(2)17(10-11-20)19-18(21)12-15-8-5-7-14-6-3-4-9-16(14)15/h3-4,6,9,13,15,17,20H,5,7-8,10-12H2,1-2H3,(H,19,21). The van der Waals surface area contributed by atoms with E-state index in [4.69, 9.17) is 5.11 Å². The molecule has 1 aromatic carbocycles. The molecule has 0 radical (unpaired) electrons. The molecule has 0 saturated carbocycles. The molecule has 2 atom stereocenters. The van der Waals surface area contributed by atoms with E-state index in [1.807, 2.05) is 0 Å². The first-order chi connectivity index (χ1) is 10.1. The van der Waals surface area contributed by atoms with Crippen LogP contribution < -0.4 is 5.32 Å². The summed E-state index contributed by atoms with van der Waals surface area (Å²) in [6.45, 7) is 4.28. The molecule has 1 amide bonds. The molecule has 2 N–H and O–H groups in total. The summed E-state index contributed by atoms with van der Waals surface area (Å²) in [5.41, 5.74) is 2.75. The fourth-order valence-electron chi connectivity index (χ4n) is 3.27. The zero-order chi connectivity index (χ0) is 15.2. The highest BCUT2D eigenvalue weighted by atomic mass is 16.3. The molecule has 0 aliphatic heterocycles. The van der Waals surface area contributed by atoms with E-state index in [0.717, 1.165) is 12.8 Å². The number of aliphatic hydroxyl groups excluding tert-OH is 1. The van der Waals surface area contributed by atoms with Crippen LogP contribution >= 0.6 is 0 Å². The highest BCUT2D eigenvalue weighted by Gasteiger charge is 2.24. The number of hydrogen-bond donors (Lipinski definition) is 2. The van der Waals surface area contributed by atoms with Gasteiger partial charge in [0, 0.05) is 19.1 Å². The lowest BCUT2D eigenvalue weighted by atomic mass is 9.81. The van der Waals surface area contributed by atoms with Crippen LogP contribution in [0, 0.1) is 5.92 Å². The van der Waals surface area contributed by atoms with E-state index < -0.39 is 0 Å². The van der Waals surface area contributed by atoms with Gasteiger partial charge in [-0.25, -0.2) is 0 Å². The molecule has 1 aliphatic carbocycles. The number of fused-ring (bicyclic) bond motifs is 1. The van der Waals surface area contributed by atoms with Crippen molar-refractivity contribution in [3.05, 3.63) is 35.4 Å². The molecule has 3 heteroatoms. The lowest BCUT2D eigenvalue weighted by molar-refractivity contribution is -0.122. The van der Waals surface area contributed by atoms with Gasteiger partial charge in [-0.2, -0.15) is 0 Å². The number of benzene rings is 1. The van der Waals surface area contributed by atoms with E-state index in [0.29, 0.717) is 24.7 Å². The second kappa shape index (κ2) is 7.60. The third-order valence-electron chi connectivity index (χ3n) is 4.52. The van der Waals surface area contributed by atoms with Crippen molar-refractivity contribution in [3.63, 3.8) is 0 Å². The third kappa shape index (κ3) is 4.31. The number of carbonyl (C=O) groups is 1. The maximum atomic E-state index is 12.3. The Labute approximate surface area is 127 Å². The Kier molecular flexibility index (Phi) is 5.80. The zero-order valence-electron chi connectivity index (χ0n) is 13.1. The number of amides is 1. The predicted octanol–water partition coefficient (Wildman–Crippen LogP) is 3.02. The minimum Gasteiger partial charge on any atom is -0.396 e. The highest BCUT2D eigenvalue weighted by molar-refractivity contribution is 5.77. The van der Waals surface area contributed by atoms with E-state index in [1.54, 1.807) is 0 Å². The molecule has 0 fully saturated rings. The smallest absolute Gasteiger partial charge is 0.220 e. The van der Waals surface area contributed by atoms with Gasteiger partial charge in [0.05, 0.1) is 0 Å². The van der Waals surface area contributed by atoms with Gasteiger partial charge < -0.3 is 10.4 Å². The number of rotatable bonds is 6. The van der Waals surface area contributed by atoms with Crippen molar-refractivity contribution in [1.82, 2.24) is 5.32 Å². The summed E-state index contributed by atoms with van der Waals surface area (Å²) in [5.74, 6) is 0.806. The molecule has 1 aromatic rings. The summed E-state index contributed by atoms with van der Waals surface area (Å²) in [4.78, 5) is 12.3. The summed E-state index contributed by atoms with van der Waals surface area (Å²) in [5, 5.41) is 12.2. The van der Waals surface area contributed by atoms with Crippen LogP contribution in [-0.2, 0) is 11.2 Å². The van der Waals surface area contributed by atoms with Crippen LogP contribution in [0.3, 0.4) is 0 Å². The molecular formula is C18H27NO2. The lowest BCUT2D eigenvalue weighted by Gasteiger charge is -2.27. The molecule has 1 aliphatic rings. The molecule has 2 rings (SSSR count). The minimum absolute atomic E-state index is 0.0707. The molecule has 2 unspecified atom stereocenters. The van der Waals surface area contributed by atoms with Crippen molar-refractivity contribution < 1.29 is 9.90 Å². The van der Waals surface area contributed by atoms with Gasteiger partial charge in [-0.15, -0.1) is 0 Å². The quantitative estimate of drug-likeness (QED) is 0.845. The molecule has 3 nitrogen and oxygen atoms in total. The topological polar surface area (TPSA) is 49.3 Å². The minimum atomic E-state index is 0.0707. The summed E-state index contributed by atoms with van der Waals surface area (Å²) in [6, 6.07) is 8.57. The van der Waals surface area contributed by atoms with Gasteiger partial charge >= 0.3 is 0 Å². The maximum absolute atomic E-state index is 12.3. The van der Waals surface area contributed by atoms with E-state index in [9.17, 15) is 4.79 Å². The number of aryl methyl sites for hydroxylation is 1. The normalized spacial score (nSPS) is 19.1. The summed E-state index contributed by atoms with van der Waals surface area (Å²) >= 11 is 0. The van der Waals surface area contributed by atoms with Gasteiger partial charge in [0.25, 0.3) is 0 Å². The summed E-state index contributed by atoms with van der Waals surface area (Å²) < 4.78 is 0. The molecule has 21 heavy (non-hydrogen) atoms. The Hall–Kier alpha value is -1.35. The van der Waals surface area contributed by atoms with Gasteiger partial charge in [0.1, 0.15) is 0 Å². The van der Waals surface area contributed by atoms with Crippen molar-refractivity contribution in [2.45, 2.75) is 57.9 Å². The predicted molar refractivity (Wildman–Crippen MR) is 85.2 cm³/mol. The Morgan fingerprint density at radius 1 is 1.38 bits per heavy atom. The average molecular weight is 289 g/mol. The highest BCUT2D eigenvalue weighted by Crippen LogP contribution is 2.33. The van der Waals surface area contributed by atoms with E-state index >= 15 is 0 Å². The average Bonchev–Trinajstić information content (AvgIpc) is 2.47. The van der Waals surface area contributed by atoms with Gasteiger partial charge in [0.15, 0.2) is 0 Å². The molecule has 0 aromatic heterocycles. The summed E-state index contributed by atoms with van der Waals surface area (Å²) in [6.07, 6.45) is 4.58. The van der Waals surface area contributed by atoms with Crippen LogP contribution in [-0.4, -0.2) is 23.7 Å². The van der Waals surface area contributed by atoms with E-state index in [2.05, 4.69) is 43.4 Å². The second-order valence-electron chi connectivity index (χ2n) is 6.42. The van der Waals surface area contributed by atoms with Gasteiger partial charge in [-0.1, -0.05) is 38.1 Å². The fraction of sp³-hybridized carbons (Fsp3) is 0.611. The first-order valence-corrected chi connectivity index (χ1v) is 8.09. The Morgan fingerprint density at radius 2 is 2.14 bits per heavy atom. The van der Waals surface area contributed by atoms with Gasteiger partial charge in [-0.05, 0) is 48.6 Å². The monoisotopic (exact) mass is 289 g/mol. The lowest BCUT2D eigenvalue weighted by Crippen LogP contribution is -2.39. The van der Waals surface area contributed by atoms with Crippen molar-refractivity contribution in [1.29, 1.82) is 0 Å². The van der Waals surface area contributed by atoms with Crippen LogP contribution in [0.4, 0.5) is 0 Å². The van der Waals surface area contributed by atoms with Crippen molar-refractivity contribution in [2.75, 3.05) is 6.61 Å². The maximum Gasteiger partial charge on any atom is 0.220 e.